The van der Waals surface area contributed by atoms with Crippen molar-refractivity contribution in [2.45, 2.75) is 17.2 Å². The minimum absolute atomic E-state index is 0.0816. The molecular weight excluding hydrogens is 541 g/mol. The highest BCUT2D eigenvalue weighted by atomic mass is 35.5. The summed E-state index contributed by atoms with van der Waals surface area (Å²) in [5, 5.41) is 13.2. The minimum atomic E-state index is -4.87. The number of rotatable bonds is 7. The van der Waals surface area contributed by atoms with Crippen molar-refractivity contribution in [2.75, 3.05) is 11.6 Å². The summed E-state index contributed by atoms with van der Waals surface area (Å²) in [5.74, 6) is -2.42. The number of nitro groups is 1. The number of carbonyl (C=O) groups is 2. The molecule has 0 heterocycles. The Labute approximate surface area is 212 Å². The Morgan fingerprint density at radius 1 is 1.05 bits per heavy atom. The van der Waals surface area contributed by atoms with Gasteiger partial charge in [-0.05, 0) is 30.3 Å². The fourth-order valence-corrected chi connectivity index (χ4v) is 4.24. The number of ether oxygens (including phenoxy) is 1. The van der Waals surface area contributed by atoms with Crippen LogP contribution in [0.25, 0.3) is 0 Å². The second-order valence-corrected chi connectivity index (χ2v) is 10.0. The Hall–Kier alpha value is -3.97. The Morgan fingerprint density at radius 3 is 2.27 bits per heavy atom. The number of benzene rings is 3. The van der Waals surface area contributed by atoms with E-state index in [1.54, 1.807) is 6.07 Å². The molecule has 9 nitrogen and oxygen atoms in total. The van der Waals surface area contributed by atoms with E-state index in [-0.39, 0.29) is 10.6 Å². The van der Waals surface area contributed by atoms with E-state index in [2.05, 4.69) is 5.32 Å². The lowest BCUT2D eigenvalue weighted by Gasteiger charge is -2.20. The van der Waals surface area contributed by atoms with Crippen molar-refractivity contribution in [1.29, 1.82) is 0 Å². The lowest BCUT2D eigenvalue weighted by Crippen LogP contribution is -2.27. The monoisotopic (exact) mass is 556 g/mol. The number of sulfone groups is 1. The summed E-state index contributed by atoms with van der Waals surface area (Å²) in [6.07, 6.45) is -5.90. The zero-order valence-electron chi connectivity index (χ0n) is 18.7. The molecule has 0 aromatic heterocycles. The van der Waals surface area contributed by atoms with E-state index < -0.39 is 66.3 Å². The predicted molar refractivity (Wildman–Crippen MR) is 126 cm³/mol. The zero-order chi connectivity index (χ0) is 27.5. The molecule has 3 aromatic rings. The van der Waals surface area contributed by atoms with Crippen LogP contribution in [0.1, 0.15) is 27.6 Å². The summed E-state index contributed by atoms with van der Waals surface area (Å²) in [5.41, 5.74) is -3.16. The molecule has 14 heteroatoms. The van der Waals surface area contributed by atoms with E-state index in [1.807, 2.05) is 0 Å². The molecular formula is C23H16ClF3N2O7S. The van der Waals surface area contributed by atoms with Crippen molar-refractivity contribution in [1.82, 2.24) is 0 Å². The van der Waals surface area contributed by atoms with E-state index in [1.165, 1.54) is 24.3 Å². The molecule has 1 amide bonds. The average Bonchev–Trinajstić information content (AvgIpc) is 2.82. The van der Waals surface area contributed by atoms with Crippen molar-refractivity contribution in [3.63, 3.8) is 0 Å². The van der Waals surface area contributed by atoms with Gasteiger partial charge in [0.2, 0.25) is 6.10 Å². The van der Waals surface area contributed by atoms with Crippen molar-refractivity contribution in [3.05, 3.63) is 98.6 Å². The molecule has 0 radical (unpaired) electrons. The van der Waals surface area contributed by atoms with Crippen LogP contribution in [0, 0.1) is 10.1 Å². The second kappa shape index (κ2) is 10.6. The van der Waals surface area contributed by atoms with E-state index >= 15 is 0 Å². The maximum absolute atomic E-state index is 13.5. The minimum Gasteiger partial charge on any atom is -0.444 e. The molecule has 0 unspecified atom stereocenters. The molecule has 0 fully saturated rings. The topological polar surface area (TPSA) is 133 Å². The van der Waals surface area contributed by atoms with Crippen LogP contribution in [0.5, 0.6) is 0 Å². The molecule has 3 aromatic carbocycles. The molecule has 194 valence electrons. The van der Waals surface area contributed by atoms with E-state index in [4.69, 9.17) is 16.3 Å². The number of carbonyl (C=O) groups excluding carboxylic acids is 2. The van der Waals surface area contributed by atoms with Gasteiger partial charge in [0.15, 0.2) is 9.84 Å². The van der Waals surface area contributed by atoms with Crippen LogP contribution in [-0.2, 0) is 25.5 Å². The smallest absolute Gasteiger partial charge is 0.418 e. The molecule has 0 bridgehead atoms. The average molecular weight is 557 g/mol. The fourth-order valence-electron chi connectivity index (χ4n) is 3.23. The third-order valence-electron chi connectivity index (χ3n) is 4.90. The number of halogens is 4. The number of hydrogen-bond donors (Lipinski definition) is 1. The molecule has 0 aliphatic rings. The van der Waals surface area contributed by atoms with Crippen molar-refractivity contribution in [2.24, 2.45) is 0 Å². The summed E-state index contributed by atoms with van der Waals surface area (Å²) in [6, 6.07) is 12.4. The Morgan fingerprint density at radius 2 is 1.70 bits per heavy atom. The maximum atomic E-state index is 13.5. The molecule has 37 heavy (non-hydrogen) atoms. The van der Waals surface area contributed by atoms with Gasteiger partial charge in [0.25, 0.3) is 11.6 Å². The van der Waals surface area contributed by atoms with Gasteiger partial charge < -0.3 is 10.1 Å². The van der Waals surface area contributed by atoms with E-state index in [0.717, 1.165) is 30.5 Å². The van der Waals surface area contributed by atoms with Gasteiger partial charge in [-0.3, -0.25) is 14.9 Å². The van der Waals surface area contributed by atoms with Gasteiger partial charge >= 0.3 is 12.1 Å². The van der Waals surface area contributed by atoms with Gasteiger partial charge in [0.05, 0.1) is 21.7 Å². The molecule has 0 aliphatic heterocycles. The molecule has 0 saturated carbocycles. The van der Waals surface area contributed by atoms with Gasteiger partial charge in [-0.15, -0.1) is 0 Å². The number of anilines is 1. The number of amides is 1. The summed E-state index contributed by atoms with van der Waals surface area (Å²) in [6.45, 7) is 0. The van der Waals surface area contributed by atoms with Crippen molar-refractivity contribution >= 4 is 44.7 Å². The predicted octanol–water partition coefficient (Wildman–Crippen LogP) is 5.21. The first-order valence-electron chi connectivity index (χ1n) is 10.1. The van der Waals surface area contributed by atoms with Crippen molar-refractivity contribution in [3.8, 4) is 0 Å². The fraction of sp³-hybridized carbons (Fsp3) is 0.130. The summed E-state index contributed by atoms with van der Waals surface area (Å²) in [7, 11) is -4.01. The molecule has 1 N–H and O–H groups in total. The number of nitrogens with zero attached hydrogens (tertiary/aromatic N) is 1. The Balaban J connectivity index is 1.98. The molecule has 1 atom stereocenters. The zero-order valence-corrected chi connectivity index (χ0v) is 20.2. The summed E-state index contributed by atoms with van der Waals surface area (Å²) < 4.78 is 69.3. The van der Waals surface area contributed by atoms with Crippen LogP contribution >= 0.6 is 11.6 Å². The number of nitro benzene ring substituents is 1. The van der Waals surface area contributed by atoms with Crippen LogP contribution in [0.3, 0.4) is 0 Å². The third-order valence-corrected chi connectivity index (χ3v) is 6.28. The van der Waals surface area contributed by atoms with Crippen LogP contribution < -0.4 is 5.32 Å². The Kier molecular flexibility index (Phi) is 7.88. The number of alkyl halides is 3. The van der Waals surface area contributed by atoms with Gasteiger partial charge in [0, 0.05) is 22.9 Å². The maximum Gasteiger partial charge on any atom is 0.418 e. The van der Waals surface area contributed by atoms with Crippen LogP contribution in [0.4, 0.5) is 24.5 Å². The first-order chi connectivity index (χ1) is 17.2. The molecule has 0 saturated heterocycles. The van der Waals surface area contributed by atoms with Gasteiger partial charge in [0.1, 0.15) is 4.90 Å². The number of nitrogens with one attached hydrogen (secondary N) is 1. The van der Waals surface area contributed by atoms with E-state index in [0.29, 0.717) is 12.1 Å². The Bertz CT molecular complexity index is 1480. The first-order valence-corrected chi connectivity index (χ1v) is 12.4. The van der Waals surface area contributed by atoms with E-state index in [9.17, 15) is 41.3 Å². The van der Waals surface area contributed by atoms with Gasteiger partial charge in [-0.2, -0.15) is 13.2 Å². The van der Waals surface area contributed by atoms with Crippen molar-refractivity contribution < 1.29 is 40.8 Å². The third kappa shape index (κ3) is 6.62. The summed E-state index contributed by atoms with van der Waals surface area (Å²) >= 11 is 5.66. The number of hydrogen-bond acceptors (Lipinski definition) is 7. The first kappa shape index (κ1) is 27.6. The lowest BCUT2D eigenvalue weighted by molar-refractivity contribution is -0.387. The normalized spacial score (nSPS) is 12.5. The highest BCUT2D eigenvalue weighted by Gasteiger charge is 2.36. The van der Waals surface area contributed by atoms with Gasteiger partial charge in [-0.25, -0.2) is 13.2 Å². The van der Waals surface area contributed by atoms with Gasteiger partial charge in [-0.1, -0.05) is 41.9 Å². The lowest BCUT2D eigenvalue weighted by atomic mass is 10.1. The summed E-state index contributed by atoms with van der Waals surface area (Å²) in [4.78, 5) is 35.6. The largest absolute Gasteiger partial charge is 0.444 e. The number of esters is 1. The standard InChI is InChI=1S/C23H16ClF3N2O7S/c1-37(34,35)19-10-7-14(11-18(19)29(32)33)22(31)36-20(13-5-3-2-4-6-13)21(30)28-17-9-8-15(24)12-16(17)23(25,26)27/h2-12,20H,1H3,(H,28,30)/t20-/m0/s1. The molecule has 0 spiro atoms. The molecule has 3 rings (SSSR count). The second-order valence-electron chi connectivity index (χ2n) is 7.58. The SMILES string of the molecule is CS(=O)(=O)c1ccc(C(=O)O[C@H](C(=O)Nc2ccc(Cl)cc2C(F)(F)F)c2ccccc2)cc1[N+](=O)[O-]. The molecule has 0 aliphatic carbocycles. The highest BCUT2D eigenvalue weighted by molar-refractivity contribution is 7.90. The van der Waals surface area contributed by atoms with Crippen LogP contribution in [-0.4, -0.2) is 31.5 Å². The van der Waals surface area contributed by atoms with Crippen LogP contribution in [0.2, 0.25) is 5.02 Å². The van der Waals surface area contributed by atoms with Crippen LogP contribution in [0.15, 0.2) is 71.6 Å². The highest BCUT2D eigenvalue weighted by Crippen LogP contribution is 2.37. The quantitative estimate of drug-likeness (QED) is 0.240.